The Kier molecular flexibility index (Phi) is 5.61. The molecule has 0 aliphatic carbocycles. The third-order valence-corrected chi connectivity index (χ3v) is 3.20. The van der Waals surface area contributed by atoms with Crippen molar-refractivity contribution in [3.8, 4) is 5.75 Å². The predicted molar refractivity (Wildman–Crippen MR) is 79.1 cm³/mol. The van der Waals surface area contributed by atoms with Crippen LogP contribution in [0.1, 0.15) is 24.9 Å². The summed E-state index contributed by atoms with van der Waals surface area (Å²) >= 11 is 3.28. The third-order valence-electron chi connectivity index (χ3n) is 2.71. The van der Waals surface area contributed by atoms with Crippen molar-refractivity contribution in [1.82, 2.24) is 5.32 Å². The van der Waals surface area contributed by atoms with E-state index in [0.29, 0.717) is 12.3 Å². The van der Waals surface area contributed by atoms with Crippen molar-refractivity contribution >= 4 is 15.9 Å². The van der Waals surface area contributed by atoms with E-state index < -0.39 is 0 Å². The minimum atomic E-state index is -0.385. The van der Waals surface area contributed by atoms with Crippen LogP contribution in [0.25, 0.3) is 0 Å². The van der Waals surface area contributed by atoms with Crippen molar-refractivity contribution in [3.05, 3.63) is 52.1 Å². The van der Waals surface area contributed by atoms with Crippen molar-refractivity contribution < 1.29 is 13.5 Å². The molecule has 5 heteroatoms. The zero-order valence-electron chi connectivity index (χ0n) is 11.3. The molecule has 2 aromatic rings. The summed E-state index contributed by atoms with van der Waals surface area (Å²) < 4.78 is 25.3. The normalized spacial score (nSPS) is 10.8. The Balaban J connectivity index is 1.89. The van der Waals surface area contributed by atoms with E-state index in [4.69, 9.17) is 9.15 Å². The molecule has 0 unspecified atom stereocenters. The molecule has 0 aliphatic rings. The maximum atomic E-state index is 13.5. The van der Waals surface area contributed by atoms with Crippen molar-refractivity contribution in [1.29, 1.82) is 0 Å². The SMILES string of the molecule is CCCNCc1ccc(COc2cc(Br)ccc2F)o1. The lowest BCUT2D eigenvalue weighted by Gasteiger charge is -2.06. The fourth-order valence-corrected chi connectivity index (χ4v) is 2.06. The van der Waals surface area contributed by atoms with Crippen LogP contribution in [-0.2, 0) is 13.2 Å². The largest absolute Gasteiger partial charge is 0.483 e. The molecule has 0 saturated carbocycles. The lowest BCUT2D eigenvalue weighted by Crippen LogP contribution is -2.13. The van der Waals surface area contributed by atoms with Crippen LogP contribution >= 0.6 is 15.9 Å². The summed E-state index contributed by atoms with van der Waals surface area (Å²) in [6.45, 7) is 3.97. The van der Waals surface area contributed by atoms with Crippen LogP contribution in [0.3, 0.4) is 0 Å². The number of benzene rings is 1. The van der Waals surface area contributed by atoms with Crippen LogP contribution in [0.2, 0.25) is 0 Å². The molecule has 0 radical (unpaired) electrons. The Morgan fingerprint density at radius 1 is 1.25 bits per heavy atom. The van der Waals surface area contributed by atoms with Gasteiger partial charge in [0.15, 0.2) is 11.6 Å². The van der Waals surface area contributed by atoms with Gasteiger partial charge in [0.2, 0.25) is 0 Å². The number of nitrogens with one attached hydrogen (secondary N) is 1. The highest BCUT2D eigenvalue weighted by Gasteiger charge is 2.07. The summed E-state index contributed by atoms with van der Waals surface area (Å²) in [6.07, 6.45) is 1.08. The van der Waals surface area contributed by atoms with Crippen molar-refractivity contribution in [2.75, 3.05) is 6.54 Å². The van der Waals surface area contributed by atoms with Gasteiger partial charge in [-0.2, -0.15) is 0 Å². The fraction of sp³-hybridized carbons (Fsp3) is 0.333. The maximum absolute atomic E-state index is 13.5. The van der Waals surface area contributed by atoms with Crippen LogP contribution in [0.15, 0.2) is 39.2 Å². The second kappa shape index (κ2) is 7.45. The van der Waals surface area contributed by atoms with Crippen LogP contribution in [-0.4, -0.2) is 6.54 Å². The van der Waals surface area contributed by atoms with Gasteiger partial charge in [-0.1, -0.05) is 22.9 Å². The molecule has 20 heavy (non-hydrogen) atoms. The molecule has 1 heterocycles. The van der Waals surface area contributed by atoms with Gasteiger partial charge in [0.25, 0.3) is 0 Å². The number of halogens is 2. The van der Waals surface area contributed by atoms with E-state index in [9.17, 15) is 4.39 Å². The smallest absolute Gasteiger partial charge is 0.165 e. The van der Waals surface area contributed by atoms with Gasteiger partial charge in [0.05, 0.1) is 6.54 Å². The molecule has 1 aromatic carbocycles. The first-order valence-corrected chi connectivity index (χ1v) is 7.34. The van der Waals surface area contributed by atoms with E-state index >= 15 is 0 Å². The zero-order valence-corrected chi connectivity index (χ0v) is 12.9. The summed E-state index contributed by atoms with van der Waals surface area (Å²) in [5.74, 6) is 1.36. The van der Waals surface area contributed by atoms with Crippen molar-refractivity contribution in [3.63, 3.8) is 0 Å². The second-order valence-electron chi connectivity index (χ2n) is 4.41. The molecule has 0 fully saturated rings. The number of rotatable bonds is 7. The number of furan rings is 1. The molecule has 0 saturated heterocycles. The van der Waals surface area contributed by atoms with Gasteiger partial charge in [-0.25, -0.2) is 4.39 Å². The van der Waals surface area contributed by atoms with Crippen LogP contribution in [0.4, 0.5) is 4.39 Å². The van der Waals surface area contributed by atoms with Crippen molar-refractivity contribution in [2.45, 2.75) is 26.5 Å². The standard InChI is InChI=1S/C15H17BrFNO2/c1-2-7-18-9-12-4-5-13(20-12)10-19-15-8-11(16)3-6-14(15)17/h3-6,8,18H,2,7,9-10H2,1H3. The highest BCUT2D eigenvalue weighted by Crippen LogP contribution is 2.23. The molecule has 1 aromatic heterocycles. The van der Waals surface area contributed by atoms with E-state index in [0.717, 1.165) is 23.2 Å². The number of hydrogen-bond donors (Lipinski definition) is 1. The van der Waals surface area contributed by atoms with Crippen molar-refractivity contribution in [2.24, 2.45) is 0 Å². The van der Waals surface area contributed by atoms with Gasteiger partial charge in [0.1, 0.15) is 18.1 Å². The summed E-state index contributed by atoms with van der Waals surface area (Å²) in [5, 5.41) is 3.25. The predicted octanol–water partition coefficient (Wildman–Crippen LogP) is 4.26. The molecule has 0 bridgehead atoms. The highest BCUT2D eigenvalue weighted by atomic mass is 79.9. The quantitative estimate of drug-likeness (QED) is 0.764. The van der Waals surface area contributed by atoms with E-state index in [1.54, 1.807) is 12.1 Å². The van der Waals surface area contributed by atoms with Crippen LogP contribution in [0, 0.1) is 5.82 Å². The molecule has 0 atom stereocenters. The Labute approximate surface area is 126 Å². The third kappa shape index (κ3) is 4.35. The Bertz CT molecular complexity index is 557. The average Bonchev–Trinajstić information content (AvgIpc) is 2.88. The molecule has 3 nitrogen and oxygen atoms in total. The highest BCUT2D eigenvalue weighted by molar-refractivity contribution is 9.10. The molecule has 0 amide bonds. The van der Waals surface area contributed by atoms with E-state index in [2.05, 4.69) is 28.2 Å². The first kappa shape index (κ1) is 15.1. The molecule has 1 N–H and O–H groups in total. The van der Waals surface area contributed by atoms with E-state index in [-0.39, 0.29) is 18.2 Å². The first-order chi connectivity index (χ1) is 9.69. The summed E-state index contributed by atoms with van der Waals surface area (Å²) in [6, 6.07) is 8.34. The van der Waals surface area contributed by atoms with E-state index in [1.165, 1.54) is 6.07 Å². The zero-order chi connectivity index (χ0) is 14.4. The fourth-order valence-electron chi connectivity index (χ4n) is 1.72. The minimum absolute atomic E-state index is 0.209. The topological polar surface area (TPSA) is 34.4 Å². The average molecular weight is 342 g/mol. The summed E-state index contributed by atoms with van der Waals surface area (Å²) in [5.41, 5.74) is 0. The Morgan fingerprint density at radius 3 is 2.85 bits per heavy atom. The Morgan fingerprint density at radius 2 is 2.05 bits per heavy atom. The van der Waals surface area contributed by atoms with Gasteiger partial charge in [0, 0.05) is 4.47 Å². The van der Waals surface area contributed by atoms with E-state index in [1.807, 2.05) is 12.1 Å². The summed E-state index contributed by atoms with van der Waals surface area (Å²) in [7, 11) is 0. The van der Waals surface area contributed by atoms with Gasteiger partial charge in [-0.3, -0.25) is 0 Å². The molecule has 0 aliphatic heterocycles. The minimum Gasteiger partial charge on any atom is -0.483 e. The molecular formula is C15H17BrFNO2. The number of ether oxygens (including phenoxy) is 1. The Hall–Kier alpha value is -1.33. The molecular weight excluding hydrogens is 325 g/mol. The lowest BCUT2D eigenvalue weighted by atomic mass is 10.3. The maximum Gasteiger partial charge on any atom is 0.165 e. The second-order valence-corrected chi connectivity index (χ2v) is 5.32. The molecule has 2 rings (SSSR count). The van der Waals surface area contributed by atoms with Gasteiger partial charge in [-0.05, 0) is 43.3 Å². The first-order valence-electron chi connectivity index (χ1n) is 6.55. The molecule has 108 valence electrons. The lowest BCUT2D eigenvalue weighted by molar-refractivity contribution is 0.254. The summed E-state index contributed by atoms with van der Waals surface area (Å²) in [4.78, 5) is 0. The number of hydrogen-bond acceptors (Lipinski definition) is 3. The van der Waals surface area contributed by atoms with Gasteiger partial charge in [-0.15, -0.1) is 0 Å². The van der Waals surface area contributed by atoms with Crippen LogP contribution < -0.4 is 10.1 Å². The van der Waals surface area contributed by atoms with Gasteiger partial charge < -0.3 is 14.5 Å². The van der Waals surface area contributed by atoms with Crippen LogP contribution in [0.5, 0.6) is 5.75 Å². The molecule has 0 spiro atoms. The van der Waals surface area contributed by atoms with Gasteiger partial charge >= 0.3 is 0 Å². The monoisotopic (exact) mass is 341 g/mol.